The molecule has 1 atom stereocenters. The minimum atomic E-state index is 0.523. The van der Waals surface area contributed by atoms with E-state index in [1.807, 2.05) is 0 Å². The van der Waals surface area contributed by atoms with Crippen LogP contribution in [0.4, 0.5) is 0 Å². The zero-order valence-corrected chi connectivity index (χ0v) is 10.7. The van der Waals surface area contributed by atoms with Crippen LogP contribution in [0.3, 0.4) is 0 Å². The topological polar surface area (TPSA) is 3.24 Å². The highest BCUT2D eigenvalue weighted by atomic mass is 15.2. The fraction of sp³-hybridized carbons (Fsp3) is 0.600. The van der Waals surface area contributed by atoms with E-state index in [2.05, 4.69) is 56.0 Å². The molecule has 0 bridgehead atoms. The SMILES string of the molecule is CC(C)C1(C)CCN(Cc2ccccc2)C1. The van der Waals surface area contributed by atoms with Gasteiger partial charge in [0.05, 0.1) is 0 Å². The molecule has 1 aromatic rings. The zero-order valence-electron chi connectivity index (χ0n) is 10.7. The van der Waals surface area contributed by atoms with Crippen LogP contribution in [0.1, 0.15) is 32.8 Å². The van der Waals surface area contributed by atoms with Gasteiger partial charge in [-0.3, -0.25) is 4.90 Å². The summed E-state index contributed by atoms with van der Waals surface area (Å²) in [5.74, 6) is 0.785. The van der Waals surface area contributed by atoms with E-state index in [1.165, 1.54) is 25.1 Å². The third-order valence-electron chi connectivity index (χ3n) is 4.23. The van der Waals surface area contributed by atoms with Crippen LogP contribution >= 0.6 is 0 Å². The minimum absolute atomic E-state index is 0.523. The van der Waals surface area contributed by atoms with Crippen LogP contribution < -0.4 is 0 Å². The molecule has 1 aromatic carbocycles. The first kappa shape index (κ1) is 11.7. The molecule has 16 heavy (non-hydrogen) atoms. The Morgan fingerprint density at radius 1 is 1.25 bits per heavy atom. The Balaban J connectivity index is 1.95. The molecule has 1 heteroatoms. The molecule has 1 aliphatic heterocycles. The second-order valence-corrected chi connectivity index (χ2v) is 5.75. The fourth-order valence-corrected chi connectivity index (χ4v) is 2.53. The summed E-state index contributed by atoms with van der Waals surface area (Å²) in [6, 6.07) is 10.8. The molecular formula is C15H23N. The molecule has 1 heterocycles. The number of likely N-dealkylation sites (tertiary alicyclic amines) is 1. The molecule has 0 aromatic heterocycles. The van der Waals surface area contributed by atoms with Gasteiger partial charge in [-0.15, -0.1) is 0 Å². The highest BCUT2D eigenvalue weighted by molar-refractivity contribution is 5.14. The largest absolute Gasteiger partial charge is 0.299 e. The van der Waals surface area contributed by atoms with Crippen molar-refractivity contribution in [1.82, 2.24) is 4.90 Å². The van der Waals surface area contributed by atoms with Gasteiger partial charge in [0.1, 0.15) is 0 Å². The van der Waals surface area contributed by atoms with Crippen molar-refractivity contribution in [3.05, 3.63) is 35.9 Å². The molecule has 1 unspecified atom stereocenters. The smallest absolute Gasteiger partial charge is 0.0233 e. The average Bonchev–Trinajstić information content (AvgIpc) is 2.63. The number of hydrogen-bond donors (Lipinski definition) is 0. The van der Waals surface area contributed by atoms with Crippen molar-refractivity contribution in [2.75, 3.05) is 13.1 Å². The van der Waals surface area contributed by atoms with Crippen LogP contribution in [0, 0.1) is 11.3 Å². The minimum Gasteiger partial charge on any atom is -0.299 e. The molecule has 0 spiro atoms. The molecule has 1 aliphatic rings. The van der Waals surface area contributed by atoms with Crippen molar-refractivity contribution in [2.45, 2.75) is 33.7 Å². The Bertz CT molecular complexity index is 331. The summed E-state index contributed by atoms with van der Waals surface area (Å²) in [5.41, 5.74) is 1.96. The highest BCUT2D eigenvalue weighted by Gasteiger charge is 2.35. The summed E-state index contributed by atoms with van der Waals surface area (Å²) >= 11 is 0. The third-order valence-corrected chi connectivity index (χ3v) is 4.23. The van der Waals surface area contributed by atoms with Gasteiger partial charge in [0.25, 0.3) is 0 Å². The summed E-state index contributed by atoms with van der Waals surface area (Å²) in [5, 5.41) is 0. The highest BCUT2D eigenvalue weighted by Crippen LogP contribution is 2.37. The Labute approximate surface area is 99.5 Å². The Kier molecular flexibility index (Phi) is 3.34. The first-order valence-corrected chi connectivity index (χ1v) is 6.36. The van der Waals surface area contributed by atoms with E-state index >= 15 is 0 Å². The Morgan fingerprint density at radius 3 is 2.50 bits per heavy atom. The van der Waals surface area contributed by atoms with E-state index in [-0.39, 0.29) is 0 Å². The van der Waals surface area contributed by atoms with Gasteiger partial charge in [0.15, 0.2) is 0 Å². The fourth-order valence-electron chi connectivity index (χ4n) is 2.53. The lowest BCUT2D eigenvalue weighted by Gasteiger charge is -2.29. The summed E-state index contributed by atoms with van der Waals surface area (Å²) in [6.07, 6.45) is 1.34. The van der Waals surface area contributed by atoms with Gasteiger partial charge in [-0.05, 0) is 29.9 Å². The number of benzene rings is 1. The van der Waals surface area contributed by atoms with Crippen molar-refractivity contribution in [3.63, 3.8) is 0 Å². The van der Waals surface area contributed by atoms with E-state index in [0.717, 1.165) is 12.5 Å². The predicted molar refractivity (Wildman–Crippen MR) is 69.3 cm³/mol. The first-order chi connectivity index (χ1) is 7.60. The van der Waals surface area contributed by atoms with E-state index < -0.39 is 0 Å². The molecule has 0 N–H and O–H groups in total. The molecule has 1 fully saturated rings. The molecule has 0 aliphatic carbocycles. The van der Waals surface area contributed by atoms with Gasteiger partial charge in [-0.1, -0.05) is 51.1 Å². The summed E-state index contributed by atoms with van der Waals surface area (Å²) in [6.45, 7) is 10.8. The van der Waals surface area contributed by atoms with Crippen LogP contribution in [0.2, 0.25) is 0 Å². The van der Waals surface area contributed by atoms with Gasteiger partial charge in [0, 0.05) is 13.1 Å². The molecule has 1 nitrogen and oxygen atoms in total. The van der Waals surface area contributed by atoms with Gasteiger partial charge < -0.3 is 0 Å². The van der Waals surface area contributed by atoms with E-state index in [9.17, 15) is 0 Å². The van der Waals surface area contributed by atoms with Crippen molar-refractivity contribution in [2.24, 2.45) is 11.3 Å². The van der Waals surface area contributed by atoms with Gasteiger partial charge in [0.2, 0.25) is 0 Å². The molecule has 2 rings (SSSR count). The summed E-state index contributed by atoms with van der Waals surface area (Å²) in [7, 11) is 0. The van der Waals surface area contributed by atoms with Crippen LogP contribution in [0.25, 0.3) is 0 Å². The van der Waals surface area contributed by atoms with Crippen molar-refractivity contribution < 1.29 is 0 Å². The maximum Gasteiger partial charge on any atom is 0.0233 e. The van der Waals surface area contributed by atoms with Crippen molar-refractivity contribution >= 4 is 0 Å². The zero-order chi connectivity index (χ0) is 11.6. The van der Waals surface area contributed by atoms with Gasteiger partial charge >= 0.3 is 0 Å². The third kappa shape index (κ3) is 2.46. The van der Waals surface area contributed by atoms with Crippen LogP contribution in [0.5, 0.6) is 0 Å². The summed E-state index contributed by atoms with van der Waals surface area (Å²) < 4.78 is 0. The summed E-state index contributed by atoms with van der Waals surface area (Å²) in [4.78, 5) is 2.59. The number of nitrogens with zero attached hydrogens (tertiary/aromatic N) is 1. The molecule has 1 saturated heterocycles. The normalized spacial score (nSPS) is 26.5. The lowest BCUT2D eigenvalue weighted by Crippen LogP contribution is -2.28. The standard InChI is InChI=1S/C15H23N/c1-13(2)15(3)9-10-16(12-15)11-14-7-5-4-6-8-14/h4-8,13H,9-12H2,1-3H3. The molecule has 0 radical (unpaired) electrons. The number of hydrogen-bond acceptors (Lipinski definition) is 1. The lowest BCUT2D eigenvalue weighted by atomic mass is 9.78. The maximum atomic E-state index is 2.59. The predicted octanol–water partition coefficient (Wildman–Crippen LogP) is 3.55. The second-order valence-electron chi connectivity index (χ2n) is 5.75. The van der Waals surface area contributed by atoms with Crippen LogP contribution in [-0.2, 0) is 6.54 Å². The van der Waals surface area contributed by atoms with Crippen molar-refractivity contribution in [1.29, 1.82) is 0 Å². The molecule has 0 saturated carbocycles. The maximum absolute atomic E-state index is 2.59. The van der Waals surface area contributed by atoms with Gasteiger partial charge in [-0.25, -0.2) is 0 Å². The van der Waals surface area contributed by atoms with Crippen molar-refractivity contribution in [3.8, 4) is 0 Å². The molecular weight excluding hydrogens is 194 g/mol. The average molecular weight is 217 g/mol. The van der Waals surface area contributed by atoms with E-state index in [4.69, 9.17) is 0 Å². The van der Waals surface area contributed by atoms with Gasteiger partial charge in [-0.2, -0.15) is 0 Å². The molecule has 88 valence electrons. The Hall–Kier alpha value is -0.820. The Morgan fingerprint density at radius 2 is 1.94 bits per heavy atom. The lowest BCUT2D eigenvalue weighted by molar-refractivity contribution is 0.206. The molecule has 0 amide bonds. The van der Waals surface area contributed by atoms with Crippen LogP contribution in [0.15, 0.2) is 30.3 Å². The quantitative estimate of drug-likeness (QED) is 0.748. The second kappa shape index (κ2) is 4.58. The van der Waals surface area contributed by atoms with Crippen LogP contribution in [-0.4, -0.2) is 18.0 Å². The monoisotopic (exact) mass is 217 g/mol. The first-order valence-electron chi connectivity index (χ1n) is 6.36. The van der Waals surface area contributed by atoms with E-state index in [1.54, 1.807) is 0 Å². The number of rotatable bonds is 3. The van der Waals surface area contributed by atoms with E-state index in [0.29, 0.717) is 5.41 Å².